The molecule has 0 saturated heterocycles. The number of carbonyl (C=O) groups excluding carboxylic acids is 1. The number of amidine groups is 1. The molecule has 86 valence electrons. The fourth-order valence-electron chi connectivity index (χ4n) is 1.05. The Morgan fingerprint density at radius 1 is 1.56 bits per heavy atom. The minimum absolute atomic E-state index is 0.0236. The van der Waals surface area contributed by atoms with Crippen molar-refractivity contribution in [1.82, 2.24) is 5.32 Å². The number of rotatable bonds is 4. The van der Waals surface area contributed by atoms with Crippen LogP contribution in [0.2, 0.25) is 0 Å². The average Bonchev–Trinajstić information content (AvgIpc) is 2.26. The number of nitrogens with one attached hydrogen (secondary N) is 3. The molecule has 6 heteroatoms. The molecule has 1 aromatic carbocycles. The molecular formula is C10H14N4O2. The molecule has 5 N–H and O–H groups in total. The van der Waals surface area contributed by atoms with Crippen molar-refractivity contribution >= 4 is 17.6 Å². The van der Waals surface area contributed by atoms with E-state index >= 15 is 0 Å². The molecule has 0 heterocycles. The molecule has 0 aromatic heterocycles. The van der Waals surface area contributed by atoms with E-state index in [1.807, 2.05) is 0 Å². The molecule has 6 nitrogen and oxygen atoms in total. The van der Waals surface area contributed by atoms with Crippen molar-refractivity contribution in [2.24, 2.45) is 5.73 Å². The molecule has 0 spiro atoms. The van der Waals surface area contributed by atoms with Gasteiger partial charge in [0.15, 0.2) is 0 Å². The second kappa shape index (κ2) is 5.59. The Morgan fingerprint density at radius 3 is 2.94 bits per heavy atom. The van der Waals surface area contributed by atoms with Crippen molar-refractivity contribution in [3.8, 4) is 5.75 Å². The zero-order valence-corrected chi connectivity index (χ0v) is 8.91. The first kappa shape index (κ1) is 11.8. The molecule has 0 fully saturated rings. The predicted molar refractivity (Wildman–Crippen MR) is 61.9 cm³/mol. The first-order valence-corrected chi connectivity index (χ1v) is 4.63. The maximum atomic E-state index is 11.3. The molecule has 0 saturated carbocycles. The van der Waals surface area contributed by atoms with Crippen LogP contribution in [0.5, 0.6) is 5.75 Å². The smallest absolute Gasteiger partial charge is 0.319 e. The summed E-state index contributed by atoms with van der Waals surface area (Å²) < 4.78 is 5.01. The van der Waals surface area contributed by atoms with Crippen LogP contribution in [0.4, 0.5) is 10.5 Å². The van der Waals surface area contributed by atoms with Crippen molar-refractivity contribution in [3.63, 3.8) is 0 Å². The number of hydrogen-bond donors (Lipinski definition) is 4. The van der Waals surface area contributed by atoms with Crippen LogP contribution in [0.1, 0.15) is 0 Å². The van der Waals surface area contributed by atoms with E-state index in [1.165, 1.54) is 0 Å². The summed E-state index contributed by atoms with van der Waals surface area (Å²) >= 11 is 0. The van der Waals surface area contributed by atoms with Crippen LogP contribution in [0, 0.1) is 5.41 Å². The van der Waals surface area contributed by atoms with Gasteiger partial charge in [0.2, 0.25) is 0 Å². The van der Waals surface area contributed by atoms with Crippen molar-refractivity contribution in [2.45, 2.75) is 0 Å². The molecule has 0 radical (unpaired) electrons. The van der Waals surface area contributed by atoms with Crippen molar-refractivity contribution in [1.29, 1.82) is 5.41 Å². The SMILES string of the molecule is COc1cccc(NC(=O)NCC(=N)N)c1. The number of methoxy groups -OCH3 is 1. The van der Waals surface area contributed by atoms with E-state index in [-0.39, 0.29) is 12.4 Å². The highest BCUT2D eigenvalue weighted by Crippen LogP contribution is 2.16. The van der Waals surface area contributed by atoms with E-state index < -0.39 is 6.03 Å². The number of carbonyl (C=O) groups is 1. The summed E-state index contributed by atoms with van der Waals surface area (Å²) in [5.41, 5.74) is 5.71. The third-order valence-corrected chi connectivity index (χ3v) is 1.77. The van der Waals surface area contributed by atoms with Crippen LogP contribution in [0.15, 0.2) is 24.3 Å². The van der Waals surface area contributed by atoms with E-state index in [0.717, 1.165) is 0 Å². The van der Waals surface area contributed by atoms with Crippen LogP contribution in [0.25, 0.3) is 0 Å². The Bertz CT molecular complexity index is 392. The van der Waals surface area contributed by atoms with Gasteiger partial charge in [-0.05, 0) is 12.1 Å². The highest BCUT2D eigenvalue weighted by Gasteiger charge is 2.02. The van der Waals surface area contributed by atoms with Crippen LogP contribution < -0.4 is 21.1 Å². The molecule has 1 rings (SSSR count). The van der Waals surface area contributed by atoms with E-state index in [2.05, 4.69) is 10.6 Å². The first-order chi connectivity index (χ1) is 7.61. The Morgan fingerprint density at radius 2 is 2.31 bits per heavy atom. The largest absolute Gasteiger partial charge is 0.497 e. The maximum Gasteiger partial charge on any atom is 0.319 e. The van der Waals surface area contributed by atoms with Crippen LogP contribution >= 0.6 is 0 Å². The lowest BCUT2D eigenvalue weighted by Gasteiger charge is -2.07. The van der Waals surface area contributed by atoms with Gasteiger partial charge in [-0.25, -0.2) is 4.79 Å². The zero-order chi connectivity index (χ0) is 12.0. The Balaban J connectivity index is 2.52. The molecule has 0 bridgehead atoms. The zero-order valence-electron chi connectivity index (χ0n) is 8.91. The number of amides is 2. The number of nitrogens with two attached hydrogens (primary N) is 1. The molecule has 2 amide bonds. The third kappa shape index (κ3) is 3.87. The van der Waals surface area contributed by atoms with Crippen molar-refractivity contribution in [2.75, 3.05) is 19.0 Å². The average molecular weight is 222 g/mol. The third-order valence-electron chi connectivity index (χ3n) is 1.77. The lowest BCUT2D eigenvalue weighted by Crippen LogP contribution is -2.35. The second-order valence-electron chi connectivity index (χ2n) is 3.06. The van der Waals surface area contributed by atoms with Gasteiger partial charge in [-0.15, -0.1) is 0 Å². The topological polar surface area (TPSA) is 100 Å². The minimum Gasteiger partial charge on any atom is -0.497 e. The minimum atomic E-state index is -0.413. The summed E-state index contributed by atoms with van der Waals surface area (Å²) in [5, 5.41) is 12.0. The highest BCUT2D eigenvalue weighted by atomic mass is 16.5. The van der Waals surface area contributed by atoms with Gasteiger partial charge >= 0.3 is 6.03 Å². The fourth-order valence-corrected chi connectivity index (χ4v) is 1.05. The number of benzene rings is 1. The van der Waals surface area contributed by atoms with E-state index in [1.54, 1.807) is 31.4 Å². The monoisotopic (exact) mass is 222 g/mol. The van der Waals surface area contributed by atoms with Crippen molar-refractivity contribution < 1.29 is 9.53 Å². The van der Waals surface area contributed by atoms with E-state index in [9.17, 15) is 4.79 Å². The van der Waals surface area contributed by atoms with Gasteiger partial charge in [0.05, 0.1) is 13.7 Å². The Kier molecular flexibility index (Phi) is 4.14. The fraction of sp³-hybridized carbons (Fsp3) is 0.200. The number of anilines is 1. The number of ether oxygens (including phenoxy) is 1. The first-order valence-electron chi connectivity index (χ1n) is 4.63. The van der Waals surface area contributed by atoms with Crippen LogP contribution in [0.3, 0.4) is 0 Å². The van der Waals surface area contributed by atoms with Crippen LogP contribution in [-0.4, -0.2) is 25.5 Å². The van der Waals surface area contributed by atoms with Gasteiger partial charge in [0.25, 0.3) is 0 Å². The Hall–Kier alpha value is -2.24. The molecule has 0 aliphatic heterocycles. The van der Waals surface area contributed by atoms with Gasteiger partial charge in [-0.2, -0.15) is 0 Å². The summed E-state index contributed by atoms with van der Waals surface area (Å²) in [4.78, 5) is 11.3. The standard InChI is InChI=1S/C10H14N4O2/c1-16-8-4-2-3-7(5-8)14-10(15)13-6-9(11)12/h2-5H,6H2,1H3,(H3,11,12)(H2,13,14,15). The van der Waals surface area contributed by atoms with E-state index in [4.69, 9.17) is 15.9 Å². The van der Waals surface area contributed by atoms with Gasteiger partial charge < -0.3 is 21.1 Å². The lowest BCUT2D eigenvalue weighted by molar-refractivity contribution is 0.253. The molecule has 16 heavy (non-hydrogen) atoms. The summed E-state index contributed by atoms with van der Waals surface area (Å²) in [6.07, 6.45) is 0. The summed E-state index contributed by atoms with van der Waals surface area (Å²) in [6.45, 7) is 0.0236. The molecule has 0 aliphatic rings. The normalized spacial score (nSPS) is 9.31. The summed E-state index contributed by atoms with van der Waals surface area (Å²) in [5.74, 6) is 0.560. The summed E-state index contributed by atoms with van der Waals surface area (Å²) in [7, 11) is 1.55. The highest BCUT2D eigenvalue weighted by molar-refractivity contribution is 5.92. The quantitative estimate of drug-likeness (QED) is 0.446. The predicted octanol–water partition coefficient (Wildman–Crippen LogP) is 0.753. The van der Waals surface area contributed by atoms with Crippen molar-refractivity contribution in [3.05, 3.63) is 24.3 Å². The lowest BCUT2D eigenvalue weighted by atomic mass is 10.3. The van der Waals surface area contributed by atoms with Gasteiger partial charge in [0, 0.05) is 11.8 Å². The number of urea groups is 1. The van der Waals surface area contributed by atoms with Gasteiger partial charge in [0.1, 0.15) is 11.6 Å². The molecule has 1 aromatic rings. The van der Waals surface area contributed by atoms with Gasteiger partial charge in [-0.1, -0.05) is 6.07 Å². The molecule has 0 atom stereocenters. The molecular weight excluding hydrogens is 208 g/mol. The maximum absolute atomic E-state index is 11.3. The Labute approximate surface area is 93.3 Å². The van der Waals surface area contributed by atoms with Crippen LogP contribution in [-0.2, 0) is 0 Å². The number of hydrogen-bond acceptors (Lipinski definition) is 3. The van der Waals surface area contributed by atoms with E-state index in [0.29, 0.717) is 11.4 Å². The summed E-state index contributed by atoms with van der Waals surface area (Å²) in [6, 6.07) is 6.55. The molecule has 0 aliphatic carbocycles. The van der Waals surface area contributed by atoms with Gasteiger partial charge in [-0.3, -0.25) is 5.41 Å². The second-order valence-corrected chi connectivity index (χ2v) is 3.06. The molecule has 0 unspecified atom stereocenters.